The first-order chi connectivity index (χ1) is 14.8. The van der Waals surface area contributed by atoms with Gasteiger partial charge < -0.3 is 15.4 Å². The number of hydrogen-bond donors (Lipinski definition) is 2. The first kappa shape index (κ1) is 23.3. The quantitative estimate of drug-likeness (QED) is 0.261. The standard InChI is InChI=1S/C20H17ClN4O6/c21-15-5-3-13(4-6-15)20(28)23-9-1-2-19(27)31-12-18(26)24-17-8-7-16(25(29)30)10-14(17)11-22/h3-8,10H,1-2,9,12H2,(H,23,28)(H,24,26). The number of nitriles is 1. The molecule has 0 unspecified atom stereocenters. The fourth-order valence-corrected chi connectivity index (χ4v) is 2.52. The summed E-state index contributed by atoms with van der Waals surface area (Å²) in [6.45, 7) is -0.352. The van der Waals surface area contributed by atoms with Gasteiger partial charge in [0.2, 0.25) is 0 Å². The van der Waals surface area contributed by atoms with E-state index in [0.29, 0.717) is 17.0 Å². The minimum atomic E-state index is -0.699. The van der Waals surface area contributed by atoms with Crippen molar-refractivity contribution in [3.8, 4) is 6.07 Å². The van der Waals surface area contributed by atoms with E-state index in [1.165, 1.54) is 6.07 Å². The number of nitro groups is 1. The van der Waals surface area contributed by atoms with Crippen LogP contribution < -0.4 is 10.6 Å². The van der Waals surface area contributed by atoms with E-state index in [2.05, 4.69) is 10.6 Å². The second kappa shape index (κ2) is 11.3. The molecule has 2 amide bonds. The number of anilines is 1. The van der Waals surface area contributed by atoms with Crippen molar-refractivity contribution in [1.82, 2.24) is 5.32 Å². The minimum absolute atomic E-state index is 0.0187. The van der Waals surface area contributed by atoms with Crippen LogP contribution in [0.3, 0.4) is 0 Å². The Labute approximate surface area is 181 Å². The molecule has 2 aromatic rings. The summed E-state index contributed by atoms with van der Waals surface area (Å²) >= 11 is 5.76. The molecule has 0 saturated carbocycles. The summed E-state index contributed by atoms with van der Waals surface area (Å²) in [5.41, 5.74) is 0.125. The van der Waals surface area contributed by atoms with Gasteiger partial charge in [0.25, 0.3) is 17.5 Å². The van der Waals surface area contributed by atoms with Gasteiger partial charge in [-0.05, 0) is 36.8 Å². The number of rotatable bonds is 9. The Morgan fingerprint density at radius 1 is 1.16 bits per heavy atom. The number of amides is 2. The van der Waals surface area contributed by atoms with E-state index < -0.39 is 23.4 Å². The van der Waals surface area contributed by atoms with Gasteiger partial charge in [-0.2, -0.15) is 5.26 Å². The van der Waals surface area contributed by atoms with Crippen LogP contribution in [0.2, 0.25) is 5.02 Å². The lowest BCUT2D eigenvalue weighted by Crippen LogP contribution is -2.25. The van der Waals surface area contributed by atoms with Crippen LogP contribution >= 0.6 is 11.6 Å². The normalized spacial score (nSPS) is 9.94. The molecular weight excluding hydrogens is 428 g/mol. The van der Waals surface area contributed by atoms with E-state index in [1.54, 1.807) is 30.3 Å². The predicted octanol–water partition coefficient (Wildman–Crippen LogP) is 2.81. The Balaban J connectivity index is 1.71. The van der Waals surface area contributed by atoms with Crippen molar-refractivity contribution in [3.63, 3.8) is 0 Å². The molecule has 11 heteroatoms. The van der Waals surface area contributed by atoms with Crippen LogP contribution in [0.4, 0.5) is 11.4 Å². The van der Waals surface area contributed by atoms with Gasteiger partial charge in [0.1, 0.15) is 6.07 Å². The van der Waals surface area contributed by atoms with Crippen molar-refractivity contribution >= 4 is 40.8 Å². The van der Waals surface area contributed by atoms with Crippen LogP contribution in [0.25, 0.3) is 0 Å². The van der Waals surface area contributed by atoms with Crippen LogP contribution in [-0.2, 0) is 14.3 Å². The number of esters is 1. The van der Waals surface area contributed by atoms with Crippen molar-refractivity contribution in [2.45, 2.75) is 12.8 Å². The summed E-state index contributed by atoms with van der Waals surface area (Å²) in [7, 11) is 0. The minimum Gasteiger partial charge on any atom is -0.456 e. The zero-order valence-electron chi connectivity index (χ0n) is 16.1. The van der Waals surface area contributed by atoms with Crippen molar-refractivity contribution in [3.05, 3.63) is 68.7 Å². The molecule has 0 heterocycles. The number of nitro benzene ring substituents is 1. The first-order valence-electron chi connectivity index (χ1n) is 8.98. The van der Waals surface area contributed by atoms with E-state index in [0.717, 1.165) is 12.1 Å². The van der Waals surface area contributed by atoms with E-state index in [9.17, 15) is 24.5 Å². The Morgan fingerprint density at radius 3 is 2.52 bits per heavy atom. The number of carbonyl (C=O) groups is 3. The molecule has 2 rings (SSSR count). The third-order valence-electron chi connectivity index (χ3n) is 3.92. The summed E-state index contributed by atoms with van der Waals surface area (Å²) in [5.74, 6) is -1.64. The number of nitrogens with one attached hydrogen (secondary N) is 2. The average molecular weight is 445 g/mol. The summed E-state index contributed by atoms with van der Waals surface area (Å²) in [6, 6.07) is 11.5. The molecule has 0 aromatic heterocycles. The van der Waals surface area contributed by atoms with Gasteiger partial charge in [-0.3, -0.25) is 24.5 Å². The number of halogens is 1. The van der Waals surface area contributed by atoms with E-state index in [1.807, 2.05) is 0 Å². The van der Waals surface area contributed by atoms with Gasteiger partial charge >= 0.3 is 5.97 Å². The third-order valence-corrected chi connectivity index (χ3v) is 4.17. The van der Waals surface area contributed by atoms with E-state index in [-0.39, 0.29) is 35.8 Å². The molecule has 0 bridgehead atoms. The number of ether oxygens (including phenoxy) is 1. The van der Waals surface area contributed by atoms with Crippen LogP contribution in [0.5, 0.6) is 0 Å². The van der Waals surface area contributed by atoms with E-state index in [4.69, 9.17) is 21.6 Å². The van der Waals surface area contributed by atoms with Crippen molar-refractivity contribution in [1.29, 1.82) is 5.26 Å². The van der Waals surface area contributed by atoms with Gasteiger partial charge in [0, 0.05) is 35.7 Å². The van der Waals surface area contributed by atoms with Crippen molar-refractivity contribution in [2.24, 2.45) is 0 Å². The molecule has 0 atom stereocenters. The lowest BCUT2D eigenvalue weighted by molar-refractivity contribution is -0.384. The number of carbonyl (C=O) groups excluding carboxylic acids is 3. The monoisotopic (exact) mass is 444 g/mol. The fraction of sp³-hybridized carbons (Fsp3) is 0.200. The molecular formula is C20H17ClN4O6. The van der Waals surface area contributed by atoms with Gasteiger partial charge in [0.15, 0.2) is 6.61 Å². The Bertz CT molecular complexity index is 1030. The summed E-state index contributed by atoms with van der Waals surface area (Å²) < 4.78 is 4.85. The molecule has 2 N–H and O–H groups in total. The van der Waals surface area contributed by atoms with Gasteiger partial charge in [-0.1, -0.05) is 11.6 Å². The molecule has 2 aromatic carbocycles. The molecule has 31 heavy (non-hydrogen) atoms. The Morgan fingerprint density at radius 2 is 1.87 bits per heavy atom. The summed E-state index contributed by atoms with van der Waals surface area (Å²) in [5, 5.41) is 25.3. The molecule has 0 fully saturated rings. The molecule has 0 aliphatic heterocycles. The molecule has 10 nitrogen and oxygen atoms in total. The highest BCUT2D eigenvalue weighted by Gasteiger charge is 2.14. The van der Waals surface area contributed by atoms with Gasteiger partial charge in [-0.25, -0.2) is 0 Å². The molecule has 0 spiro atoms. The second-order valence-corrected chi connectivity index (χ2v) is 6.61. The van der Waals surface area contributed by atoms with Crippen LogP contribution in [0.1, 0.15) is 28.8 Å². The summed E-state index contributed by atoms with van der Waals surface area (Å²) in [6.07, 6.45) is 0.288. The number of hydrogen-bond acceptors (Lipinski definition) is 7. The maximum atomic E-state index is 11.9. The first-order valence-corrected chi connectivity index (χ1v) is 9.35. The largest absolute Gasteiger partial charge is 0.456 e. The molecule has 0 radical (unpaired) electrons. The maximum absolute atomic E-state index is 11.9. The Kier molecular flexibility index (Phi) is 8.48. The molecule has 160 valence electrons. The zero-order valence-corrected chi connectivity index (χ0v) is 16.8. The zero-order chi connectivity index (χ0) is 22.8. The fourth-order valence-electron chi connectivity index (χ4n) is 2.39. The van der Waals surface area contributed by atoms with Crippen molar-refractivity contribution < 1.29 is 24.0 Å². The summed E-state index contributed by atoms with van der Waals surface area (Å²) in [4.78, 5) is 45.6. The molecule has 0 aliphatic carbocycles. The van der Waals surface area contributed by atoms with Crippen LogP contribution in [0, 0.1) is 21.4 Å². The van der Waals surface area contributed by atoms with E-state index >= 15 is 0 Å². The third kappa shape index (κ3) is 7.41. The van der Waals surface area contributed by atoms with Crippen LogP contribution in [0.15, 0.2) is 42.5 Å². The highest BCUT2D eigenvalue weighted by molar-refractivity contribution is 6.30. The van der Waals surface area contributed by atoms with Crippen molar-refractivity contribution in [2.75, 3.05) is 18.5 Å². The molecule has 0 aliphatic rings. The maximum Gasteiger partial charge on any atom is 0.306 e. The highest BCUT2D eigenvalue weighted by Crippen LogP contribution is 2.21. The van der Waals surface area contributed by atoms with Crippen LogP contribution in [-0.4, -0.2) is 35.9 Å². The molecule has 0 saturated heterocycles. The predicted molar refractivity (Wildman–Crippen MR) is 110 cm³/mol. The smallest absolute Gasteiger partial charge is 0.306 e. The Hall–Kier alpha value is -3.97. The SMILES string of the molecule is N#Cc1cc([N+](=O)[O-])ccc1NC(=O)COC(=O)CCCNC(=O)c1ccc(Cl)cc1. The average Bonchev–Trinajstić information content (AvgIpc) is 2.75. The lowest BCUT2D eigenvalue weighted by atomic mass is 10.1. The lowest BCUT2D eigenvalue weighted by Gasteiger charge is -2.08. The second-order valence-electron chi connectivity index (χ2n) is 6.17. The number of benzene rings is 2. The number of nitrogens with zero attached hydrogens (tertiary/aromatic N) is 2. The topological polar surface area (TPSA) is 151 Å². The number of non-ortho nitro benzene ring substituents is 1. The van der Waals surface area contributed by atoms with Gasteiger partial charge in [-0.15, -0.1) is 0 Å². The van der Waals surface area contributed by atoms with Gasteiger partial charge in [0.05, 0.1) is 16.2 Å². The highest BCUT2D eigenvalue weighted by atomic mass is 35.5.